The van der Waals surface area contributed by atoms with E-state index in [1.165, 1.54) is 18.2 Å². The molecule has 1 amide bonds. The highest BCUT2D eigenvalue weighted by molar-refractivity contribution is 7.11. The summed E-state index contributed by atoms with van der Waals surface area (Å²) in [6, 6.07) is 0. The Morgan fingerprint density at radius 1 is 1.47 bits per heavy atom. The molecular formula is C13H18N2O3S. The van der Waals surface area contributed by atoms with Gasteiger partial charge in [-0.1, -0.05) is 19.8 Å². The lowest BCUT2D eigenvalue weighted by Crippen LogP contribution is -2.38. The molecule has 0 saturated carbocycles. The van der Waals surface area contributed by atoms with Crippen molar-refractivity contribution in [2.24, 2.45) is 5.92 Å². The number of aromatic nitrogens is 1. The van der Waals surface area contributed by atoms with Gasteiger partial charge in [0.1, 0.15) is 0 Å². The minimum Gasteiger partial charge on any atom is -0.476 e. The van der Waals surface area contributed by atoms with E-state index in [-0.39, 0.29) is 16.6 Å². The van der Waals surface area contributed by atoms with Crippen LogP contribution in [0.5, 0.6) is 0 Å². The van der Waals surface area contributed by atoms with Gasteiger partial charge in [-0.3, -0.25) is 4.79 Å². The molecule has 2 heterocycles. The second-order valence-corrected chi connectivity index (χ2v) is 5.73. The number of rotatable bonds is 4. The first-order valence-corrected chi connectivity index (χ1v) is 7.48. The van der Waals surface area contributed by atoms with E-state index >= 15 is 0 Å². The highest BCUT2D eigenvalue weighted by atomic mass is 32.1. The molecule has 1 aliphatic rings. The summed E-state index contributed by atoms with van der Waals surface area (Å²) in [7, 11) is 0. The summed E-state index contributed by atoms with van der Waals surface area (Å²) in [6.45, 7) is 3.69. The Hall–Kier alpha value is -1.43. The standard InChI is InChI=1S/C13H18N2O3S/c1-2-3-9-4-6-15(7-5-9)12(16)11-14-10(8-19-11)13(17)18/h8-9H,2-7H2,1H3,(H,17,18). The van der Waals surface area contributed by atoms with Crippen molar-refractivity contribution in [1.82, 2.24) is 9.88 Å². The van der Waals surface area contributed by atoms with Crippen molar-refractivity contribution >= 4 is 23.2 Å². The molecule has 1 saturated heterocycles. The molecule has 2 rings (SSSR count). The number of thiazole rings is 1. The van der Waals surface area contributed by atoms with Gasteiger partial charge >= 0.3 is 5.97 Å². The number of amides is 1. The fourth-order valence-corrected chi connectivity index (χ4v) is 3.20. The van der Waals surface area contributed by atoms with Crippen molar-refractivity contribution < 1.29 is 14.7 Å². The van der Waals surface area contributed by atoms with E-state index in [0.29, 0.717) is 0 Å². The van der Waals surface area contributed by atoms with Gasteiger partial charge in [-0.25, -0.2) is 9.78 Å². The van der Waals surface area contributed by atoms with Gasteiger partial charge in [-0.2, -0.15) is 0 Å². The first kappa shape index (κ1) is 14.0. The van der Waals surface area contributed by atoms with Crippen LogP contribution in [0.2, 0.25) is 0 Å². The molecule has 1 aromatic heterocycles. The van der Waals surface area contributed by atoms with Crippen molar-refractivity contribution in [2.75, 3.05) is 13.1 Å². The van der Waals surface area contributed by atoms with Crippen LogP contribution in [0.4, 0.5) is 0 Å². The number of carbonyl (C=O) groups is 2. The van der Waals surface area contributed by atoms with Crippen molar-refractivity contribution in [1.29, 1.82) is 0 Å². The number of piperidine rings is 1. The van der Waals surface area contributed by atoms with Crippen LogP contribution in [0.15, 0.2) is 5.38 Å². The van der Waals surface area contributed by atoms with E-state index in [1.807, 2.05) is 0 Å². The molecule has 104 valence electrons. The third kappa shape index (κ3) is 3.32. The van der Waals surface area contributed by atoms with Gasteiger partial charge < -0.3 is 10.0 Å². The molecular weight excluding hydrogens is 264 g/mol. The minimum absolute atomic E-state index is 0.0470. The van der Waals surface area contributed by atoms with E-state index in [9.17, 15) is 9.59 Å². The third-order valence-electron chi connectivity index (χ3n) is 3.50. The van der Waals surface area contributed by atoms with Crippen molar-refractivity contribution in [3.63, 3.8) is 0 Å². The second kappa shape index (κ2) is 6.14. The largest absolute Gasteiger partial charge is 0.476 e. The molecule has 6 heteroatoms. The van der Waals surface area contributed by atoms with E-state index in [4.69, 9.17) is 5.11 Å². The molecule has 5 nitrogen and oxygen atoms in total. The van der Waals surface area contributed by atoms with E-state index in [1.54, 1.807) is 4.90 Å². The maximum Gasteiger partial charge on any atom is 0.355 e. The summed E-state index contributed by atoms with van der Waals surface area (Å²) in [4.78, 5) is 28.6. The molecule has 1 N–H and O–H groups in total. The van der Waals surface area contributed by atoms with Crippen LogP contribution < -0.4 is 0 Å². The van der Waals surface area contributed by atoms with Crippen LogP contribution >= 0.6 is 11.3 Å². The zero-order chi connectivity index (χ0) is 13.8. The lowest BCUT2D eigenvalue weighted by atomic mass is 9.92. The number of hydrogen-bond acceptors (Lipinski definition) is 4. The lowest BCUT2D eigenvalue weighted by molar-refractivity contribution is 0.0684. The van der Waals surface area contributed by atoms with Gasteiger partial charge in [0.05, 0.1) is 0 Å². The molecule has 0 atom stereocenters. The summed E-state index contributed by atoms with van der Waals surface area (Å²) in [5, 5.41) is 10.5. The smallest absolute Gasteiger partial charge is 0.355 e. The van der Waals surface area contributed by atoms with Crippen LogP contribution in [0.3, 0.4) is 0 Å². The third-order valence-corrected chi connectivity index (χ3v) is 4.34. The fraction of sp³-hybridized carbons (Fsp3) is 0.615. The van der Waals surface area contributed by atoms with E-state index in [2.05, 4.69) is 11.9 Å². The summed E-state index contributed by atoms with van der Waals surface area (Å²) in [6.07, 6.45) is 4.49. The summed E-state index contributed by atoms with van der Waals surface area (Å²) < 4.78 is 0. The van der Waals surface area contributed by atoms with Crippen LogP contribution in [-0.2, 0) is 0 Å². The Morgan fingerprint density at radius 3 is 2.68 bits per heavy atom. The zero-order valence-corrected chi connectivity index (χ0v) is 11.8. The monoisotopic (exact) mass is 282 g/mol. The number of hydrogen-bond donors (Lipinski definition) is 1. The number of carboxylic acids is 1. The van der Waals surface area contributed by atoms with Crippen molar-refractivity contribution in [3.05, 3.63) is 16.1 Å². The Labute approximate surface area is 116 Å². The Balaban J connectivity index is 1.95. The minimum atomic E-state index is -1.09. The quantitative estimate of drug-likeness (QED) is 0.921. The number of nitrogens with zero attached hydrogens (tertiary/aromatic N) is 2. The highest BCUT2D eigenvalue weighted by Crippen LogP contribution is 2.23. The molecule has 1 aromatic rings. The maximum absolute atomic E-state index is 12.2. The number of aromatic carboxylic acids is 1. The van der Waals surface area contributed by atoms with Gasteiger partial charge in [0, 0.05) is 18.5 Å². The second-order valence-electron chi connectivity index (χ2n) is 4.87. The normalized spacial score (nSPS) is 16.6. The van der Waals surface area contributed by atoms with Gasteiger partial charge in [-0.15, -0.1) is 11.3 Å². The van der Waals surface area contributed by atoms with Crippen molar-refractivity contribution in [2.45, 2.75) is 32.6 Å². The molecule has 19 heavy (non-hydrogen) atoms. The van der Waals surface area contributed by atoms with Gasteiger partial charge in [0.25, 0.3) is 5.91 Å². The molecule has 0 radical (unpaired) electrons. The number of carbonyl (C=O) groups excluding carboxylic acids is 1. The summed E-state index contributed by atoms with van der Waals surface area (Å²) in [5.74, 6) is -0.496. The van der Waals surface area contributed by atoms with E-state index < -0.39 is 5.97 Å². The lowest BCUT2D eigenvalue weighted by Gasteiger charge is -2.31. The molecule has 0 unspecified atom stereocenters. The van der Waals surface area contributed by atoms with Crippen LogP contribution in [0.1, 0.15) is 52.9 Å². The molecule has 0 spiro atoms. The molecule has 1 fully saturated rings. The summed E-state index contributed by atoms with van der Waals surface area (Å²) >= 11 is 1.11. The molecule has 1 aliphatic heterocycles. The molecule has 0 aliphatic carbocycles. The molecule has 0 bridgehead atoms. The number of carboxylic acid groups (broad SMARTS) is 1. The van der Waals surface area contributed by atoms with Crippen molar-refractivity contribution in [3.8, 4) is 0 Å². The van der Waals surface area contributed by atoms with Crippen LogP contribution in [0, 0.1) is 5.92 Å². The Bertz CT molecular complexity index is 464. The van der Waals surface area contributed by atoms with Crippen LogP contribution in [-0.4, -0.2) is 40.0 Å². The zero-order valence-electron chi connectivity index (χ0n) is 11.0. The first-order valence-electron chi connectivity index (χ1n) is 6.60. The SMILES string of the molecule is CCCC1CCN(C(=O)c2nc(C(=O)O)cs2)CC1. The topological polar surface area (TPSA) is 70.5 Å². The predicted octanol–water partition coefficient (Wildman–Crippen LogP) is 2.49. The Kier molecular flexibility index (Phi) is 4.52. The van der Waals surface area contributed by atoms with Crippen LogP contribution in [0.25, 0.3) is 0 Å². The summed E-state index contributed by atoms with van der Waals surface area (Å²) in [5.41, 5.74) is -0.0470. The maximum atomic E-state index is 12.2. The van der Waals surface area contributed by atoms with Gasteiger partial charge in [0.2, 0.25) is 0 Å². The van der Waals surface area contributed by atoms with Gasteiger partial charge in [0.15, 0.2) is 10.7 Å². The van der Waals surface area contributed by atoms with Gasteiger partial charge in [-0.05, 0) is 18.8 Å². The predicted molar refractivity (Wildman–Crippen MR) is 72.6 cm³/mol. The Morgan fingerprint density at radius 2 is 2.16 bits per heavy atom. The van der Waals surface area contributed by atoms with E-state index in [0.717, 1.165) is 43.2 Å². The number of likely N-dealkylation sites (tertiary alicyclic amines) is 1. The average Bonchev–Trinajstić information content (AvgIpc) is 2.89. The highest BCUT2D eigenvalue weighted by Gasteiger charge is 2.25. The first-order chi connectivity index (χ1) is 9.11. The molecule has 0 aromatic carbocycles. The fourth-order valence-electron chi connectivity index (χ4n) is 2.44. The average molecular weight is 282 g/mol.